The summed E-state index contributed by atoms with van der Waals surface area (Å²) in [6.07, 6.45) is 1.76. The Bertz CT molecular complexity index is 567. The van der Waals surface area contributed by atoms with Gasteiger partial charge in [-0.3, -0.25) is 0 Å². The number of nitrogens with one attached hydrogen (secondary N) is 1. The van der Waals surface area contributed by atoms with Crippen LogP contribution in [-0.2, 0) is 13.1 Å². The Balaban J connectivity index is 2.13. The first kappa shape index (κ1) is 15.9. The molecule has 1 aromatic carbocycles. The maximum Gasteiger partial charge on any atom is 0.166 e. The van der Waals surface area contributed by atoms with Gasteiger partial charge in [-0.25, -0.2) is 0 Å². The first-order valence-electron chi connectivity index (χ1n) is 6.86. The van der Waals surface area contributed by atoms with Gasteiger partial charge in [0.05, 0.1) is 26.0 Å². The van der Waals surface area contributed by atoms with Gasteiger partial charge < -0.3 is 19.2 Å². The van der Waals surface area contributed by atoms with Crippen LogP contribution in [0.2, 0.25) is 0 Å². The quantitative estimate of drug-likeness (QED) is 0.812. The maximum atomic E-state index is 5.90. The minimum atomic E-state index is 0.0869. The molecule has 0 bridgehead atoms. The molecular weight excluding hydrogens is 334 g/mol. The molecular formula is C16H20BrNO3. The highest BCUT2D eigenvalue weighted by Crippen LogP contribution is 2.35. The molecule has 0 spiro atoms. The number of hydrogen-bond donors (Lipinski definition) is 1. The average molecular weight is 354 g/mol. The van der Waals surface area contributed by atoms with Crippen LogP contribution in [0.15, 0.2) is 39.4 Å². The Morgan fingerprint density at radius 2 is 2.10 bits per heavy atom. The molecule has 114 valence electrons. The van der Waals surface area contributed by atoms with Crippen LogP contribution in [0.3, 0.4) is 0 Å². The lowest BCUT2D eigenvalue weighted by Crippen LogP contribution is -2.15. The Labute approximate surface area is 133 Å². The van der Waals surface area contributed by atoms with Crippen LogP contribution in [0.25, 0.3) is 0 Å². The highest BCUT2D eigenvalue weighted by Gasteiger charge is 2.14. The summed E-state index contributed by atoms with van der Waals surface area (Å²) in [5, 5.41) is 3.35. The van der Waals surface area contributed by atoms with Crippen molar-refractivity contribution in [1.82, 2.24) is 5.32 Å². The van der Waals surface area contributed by atoms with Crippen LogP contribution in [0.5, 0.6) is 11.5 Å². The third-order valence-corrected chi connectivity index (χ3v) is 3.32. The van der Waals surface area contributed by atoms with Crippen LogP contribution in [-0.4, -0.2) is 13.2 Å². The van der Waals surface area contributed by atoms with Gasteiger partial charge >= 0.3 is 0 Å². The first-order chi connectivity index (χ1) is 10.1. The Morgan fingerprint density at radius 3 is 2.71 bits per heavy atom. The Kier molecular flexibility index (Phi) is 5.70. The molecule has 0 atom stereocenters. The van der Waals surface area contributed by atoms with Gasteiger partial charge in [0.1, 0.15) is 5.76 Å². The molecule has 2 rings (SSSR count). The molecule has 1 heterocycles. The molecule has 0 aliphatic heterocycles. The summed E-state index contributed by atoms with van der Waals surface area (Å²) in [5.74, 6) is 2.42. The van der Waals surface area contributed by atoms with Crippen molar-refractivity contribution in [2.75, 3.05) is 7.11 Å². The zero-order valence-corrected chi connectivity index (χ0v) is 14.1. The number of rotatable bonds is 7. The molecule has 0 amide bonds. The number of hydrogen-bond acceptors (Lipinski definition) is 4. The predicted octanol–water partition coefficient (Wildman–Crippen LogP) is 4.13. The van der Waals surface area contributed by atoms with E-state index in [0.717, 1.165) is 27.3 Å². The fourth-order valence-electron chi connectivity index (χ4n) is 2.01. The molecule has 0 unspecified atom stereocenters. The highest BCUT2D eigenvalue weighted by molar-refractivity contribution is 9.10. The van der Waals surface area contributed by atoms with E-state index < -0.39 is 0 Å². The number of benzene rings is 1. The number of halogens is 1. The zero-order valence-electron chi connectivity index (χ0n) is 12.5. The lowest BCUT2D eigenvalue weighted by atomic mass is 10.1. The van der Waals surface area contributed by atoms with Crippen LogP contribution >= 0.6 is 15.9 Å². The summed E-state index contributed by atoms with van der Waals surface area (Å²) in [4.78, 5) is 0. The van der Waals surface area contributed by atoms with Gasteiger partial charge in [0.25, 0.3) is 0 Å². The summed E-state index contributed by atoms with van der Waals surface area (Å²) in [6.45, 7) is 5.34. The molecule has 0 radical (unpaired) electrons. The molecule has 0 saturated carbocycles. The third kappa shape index (κ3) is 4.51. The third-order valence-electron chi connectivity index (χ3n) is 2.86. The van der Waals surface area contributed by atoms with Crippen molar-refractivity contribution in [2.24, 2.45) is 0 Å². The fraction of sp³-hybridized carbons (Fsp3) is 0.375. The normalized spacial score (nSPS) is 10.9. The summed E-state index contributed by atoms with van der Waals surface area (Å²) in [6, 6.07) is 7.77. The van der Waals surface area contributed by atoms with Crippen molar-refractivity contribution in [1.29, 1.82) is 0 Å². The molecule has 0 aliphatic rings. The van der Waals surface area contributed by atoms with Gasteiger partial charge in [-0.2, -0.15) is 0 Å². The first-order valence-corrected chi connectivity index (χ1v) is 7.65. The van der Waals surface area contributed by atoms with Crippen molar-refractivity contribution in [2.45, 2.75) is 33.0 Å². The maximum absolute atomic E-state index is 5.90. The smallest absolute Gasteiger partial charge is 0.166 e. The standard InChI is InChI=1S/C16H20BrNO3/c1-11(2)21-16-12(7-13(17)8-15(16)19-3)9-18-10-14-5-4-6-20-14/h4-8,11,18H,9-10H2,1-3H3. The molecule has 0 aliphatic carbocycles. The molecule has 21 heavy (non-hydrogen) atoms. The van der Waals surface area contributed by atoms with Crippen molar-refractivity contribution in [3.8, 4) is 11.5 Å². The minimum absolute atomic E-state index is 0.0869. The van der Waals surface area contributed by atoms with E-state index in [2.05, 4.69) is 21.2 Å². The molecule has 1 aromatic heterocycles. The van der Waals surface area contributed by atoms with Crippen molar-refractivity contribution in [3.05, 3.63) is 46.3 Å². The van der Waals surface area contributed by atoms with Crippen LogP contribution in [0.4, 0.5) is 0 Å². The van der Waals surface area contributed by atoms with E-state index in [4.69, 9.17) is 13.9 Å². The molecule has 1 N–H and O–H groups in total. The van der Waals surface area contributed by atoms with Gasteiger partial charge in [0.15, 0.2) is 11.5 Å². The number of furan rings is 1. The molecule has 0 fully saturated rings. The average Bonchev–Trinajstić information content (AvgIpc) is 2.94. The Hall–Kier alpha value is -1.46. The van der Waals surface area contributed by atoms with E-state index in [1.54, 1.807) is 13.4 Å². The van der Waals surface area contributed by atoms with Gasteiger partial charge in [0.2, 0.25) is 0 Å². The second kappa shape index (κ2) is 7.52. The molecule has 0 saturated heterocycles. The van der Waals surface area contributed by atoms with E-state index in [1.807, 2.05) is 38.1 Å². The number of methoxy groups -OCH3 is 1. The van der Waals surface area contributed by atoms with Gasteiger partial charge in [-0.15, -0.1) is 0 Å². The predicted molar refractivity (Wildman–Crippen MR) is 85.7 cm³/mol. The van der Waals surface area contributed by atoms with Gasteiger partial charge in [-0.05, 0) is 38.1 Å². The van der Waals surface area contributed by atoms with Gasteiger partial charge in [0, 0.05) is 16.6 Å². The van der Waals surface area contributed by atoms with Crippen molar-refractivity contribution < 1.29 is 13.9 Å². The van der Waals surface area contributed by atoms with E-state index in [9.17, 15) is 0 Å². The van der Waals surface area contributed by atoms with E-state index >= 15 is 0 Å². The van der Waals surface area contributed by atoms with E-state index in [-0.39, 0.29) is 6.10 Å². The Morgan fingerprint density at radius 1 is 1.29 bits per heavy atom. The summed E-state index contributed by atoms with van der Waals surface area (Å²) in [7, 11) is 1.65. The van der Waals surface area contributed by atoms with Crippen LogP contribution < -0.4 is 14.8 Å². The highest BCUT2D eigenvalue weighted by atomic mass is 79.9. The topological polar surface area (TPSA) is 43.6 Å². The van der Waals surface area contributed by atoms with Crippen LogP contribution in [0, 0.1) is 0 Å². The summed E-state index contributed by atoms with van der Waals surface area (Å²) < 4.78 is 17.6. The van der Waals surface area contributed by atoms with Gasteiger partial charge in [-0.1, -0.05) is 15.9 Å². The SMILES string of the molecule is COc1cc(Br)cc(CNCc2ccco2)c1OC(C)C. The molecule has 4 nitrogen and oxygen atoms in total. The van der Waals surface area contributed by atoms with Crippen molar-refractivity contribution in [3.63, 3.8) is 0 Å². The lowest BCUT2D eigenvalue weighted by Gasteiger charge is -2.18. The molecule has 5 heteroatoms. The number of ether oxygens (including phenoxy) is 2. The zero-order chi connectivity index (χ0) is 15.2. The molecule has 2 aromatic rings. The summed E-state index contributed by atoms with van der Waals surface area (Å²) >= 11 is 3.50. The van der Waals surface area contributed by atoms with E-state index in [1.165, 1.54) is 0 Å². The van der Waals surface area contributed by atoms with Crippen molar-refractivity contribution >= 4 is 15.9 Å². The lowest BCUT2D eigenvalue weighted by molar-refractivity contribution is 0.227. The fourth-order valence-corrected chi connectivity index (χ4v) is 2.49. The second-order valence-corrected chi connectivity index (χ2v) is 5.86. The van der Waals surface area contributed by atoms with E-state index in [0.29, 0.717) is 13.1 Å². The second-order valence-electron chi connectivity index (χ2n) is 4.95. The summed E-state index contributed by atoms with van der Waals surface area (Å²) in [5.41, 5.74) is 1.04. The van der Waals surface area contributed by atoms with Crippen LogP contribution in [0.1, 0.15) is 25.2 Å². The minimum Gasteiger partial charge on any atom is -0.493 e. The monoisotopic (exact) mass is 353 g/mol. The largest absolute Gasteiger partial charge is 0.493 e.